The van der Waals surface area contributed by atoms with Crippen molar-refractivity contribution in [2.24, 2.45) is 0 Å². The van der Waals surface area contributed by atoms with E-state index in [9.17, 15) is 4.79 Å². The highest BCUT2D eigenvalue weighted by Crippen LogP contribution is 2.29. The number of carbonyl (C=O) groups excluding carboxylic acids is 1. The second-order valence-corrected chi connectivity index (χ2v) is 5.69. The molecule has 0 saturated heterocycles. The first-order valence-corrected chi connectivity index (χ1v) is 8.04. The molecule has 4 rings (SSSR count). The highest BCUT2D eigenvalue weighted by molar-refractivity contribution is 5.68. The summed E-state index contributed by atoms with van der Waals surface area (Å²) in [6.45, 7) is 0.503. The van der Waals surface area contributed by atoms with Crippen molar-refractivity contribution in [2.45, 2.75) is 12.6 Å². The number of hydrogen-bond acceptors (Lipinski definition) is 4. The van der Waals surface area contributed by atoms with Gasteiger partial charge in [0.05, 0.1) is 5.69 Å². The number of alkyl carbamates (subject to hydrolysis) is 1. The molecule has 0 radical (unpaired) electrons. The lowest BCUT2D eigenvalue weighted by molar-refractivity contribution is 0.130. The topological polar surface area (TPSA) is 65.4 Å². The summed E-state index contributed by atoms with van der Waals surface area (Å²) in [5, 5.41) is 2.84. The number of imidazole rings is 1. The number of nitrogens with one attached hydrogen (secondary N) is 1. The molecule has 6 heteroatoms. The Morgan fingerprint density at radius 1 is 1.20 bits per heavy atom. The molecule has 2 aromatic carbocycles. The number of para-hydroxylation sites is 2. The van der Waals surface area contributed by atoms with E-state index in [0.717, 1.165) is 17.0 Å². The number of benzene rings is 2. The lowest BCUT2D eigenvalue weighted by Gasteiger charge is -2.16. The van der Waals surface area contributed by atoms with E-state index in [-0.39, 0.29) is 13.2 Å². The molecule has 2 heterocycles. The molecule has 25 heavy (non-hydrogen) atoms. The van der Waals surface area contributed by atoms with Gasteiger partial charge in [0.25, 0.3) is 0 Å². The molecule has 0 unspecified atom stereocenters. The van der Waals surface area contributed by atoms with Crippen molar-refractivity contribution >= 4 is 6.09 Å². The van der Waals surface area contributed by atoms with Crippen molar-refractivity contribution in [2.75, 3.05) is 6.61 Å². The van der Waals surface area contributed by atoms with Crippen molar-refractivity contribution in [1.29, 1.82) is 0 Å². The van der Waals surface area contributed by atoms with E-state index in [1.54, 1.807) is 6.20 Å². The normalized spacial score (nSPS) is 15.3. The zero-order chi connectivity index (χ0) is 17.1. The first-order chi connectivity index (χ1) is 12.3. The fourth-order valence-corrected chi connectivity index (χ4v) is 2.82. The predicted molar refractivity (Wildman–Crippen MR) is 91.6 cm³/mol. The summed E-state index contributed by atoms with van der Waals surface area (Å²) in [5.74, 6) is 1.46. The fraction of sp³-hybridized carbons (Fsp3) is 0.158. The minimum Gasteiger partial charge on any atom is -0.489 e. The van der Waals surface area contributed by atoms with Gasteiger partial charge in [-0.1, -0.05) is 42.5 Å². The molecule has 1 amide bonds. The maximum atomic E-state index is 12.2. The van der Waals surface area contributed by atoms with Gasteiger partial charge in [-0.05, 0) is 17.7 Å². The average molecular weight is 335 g/mol. The second kappa shape index (κ2) is 6.68. The van der Waals surface area contributed by atoms with Crippen LogP contribution in [0.5, 0.6) is 5.75 Å². The second-order valence-electron chi connectivity index (χ2n) is 5.69. The first-order valence-electron chi connectivity index (χ1n) is 8.04. The number of amides is 1. The van der Waals surface area contributed by atoms with E-state index >= 15 is 0 Å². The third-order valence-electron chi connectivity index (χ3n) is 4.02. The van der Waals surface area contributed by atoms with Crippen molar-refractivity contribution in [1.82, 2.24) is 14.9 Å². The van der Waals surface area contributed by atoms with E-state index in [1.807, 2.05) is 65.4 Å². The first kappa shape index (κ1) is 15.3. The molecule has 0 saturated carbocycles. The third-order valence-corrected chi connectivity index (χ3v) is 4.02. The highest BCUT2D eigenvalue weighted by Gasteiger charge is 2.26. The van der Waals surface area contributed by atoms with E-state index in [2.05, 4.69) is 10.3 Å². The van der Waals surface area contributed by atoms with Crippen LogP contribution in [-0.2, 0) is 11.3 Å². The number of carbonyl (C=O) groups is 1. The Labute approximate surface area is 145 Å². The van der Waals surface area contributed by atoms with Gasteiger partial charge in [-0.15, -0.1) is 0 Å². The molecule has 1 atom stereocenters. The molecule has 126 valence electrons. The molecule has 0 bridgehead atoms. The smallest absolute Gasteiger partial charge is 0.408 e. The largest absolute Gasteiger partial charge is 0.489 e. The SMILES string of the molecule is O=C(N[C@H]1COc2ccccc2-n2ccnc21)OCc1ccccc1. The summed E-state index contributed by atoms with van der Waals surface area (Å²) in [5.41, 5.74) is 1.83. The van der Waals surface area contributed by atoms with Gasteiger partial charge in [0, 0.05) is 12.4 Å². The van der Waals surface area contributed by atoms with E-state index in [1.165, 1.54) is 0 Å². The van der Waals surface area contributed by atoms with E-state index < -0.39 is 12.1 Å². The number of fused-ring (bicyclic) bond motifs is 3. The minimum atomic E-state index is -0.502. The van der Waals surface area contributed by atoms with Gasteiger partial charge in [0.2, 0.25) is 0 Å². The van der Waals surface area contributed by atoms with Crippen LogP contribution in [0.4, 0.5) is 4.79 Å². The van der Waals surface area contributed by atoms with Crippen LogP contribution in [0.2, 0.25) is 0 Å². The van der Waals surface area contributed by atoms with Gasteiger partial charge < -0.3 is 14.8 Å². The van der Waals surface area contributed by atoms with Gasteiger partial charge in [0.1, 0.15) is 30.8 Å². The number of aromatic nitrogens is 2. The van der Waals surface area contributed by atoms with Gasteiger partial charge in [-0.3, -0.25) is 4.57 Å². The lowest BCUT2D eigenvalue weighted by atomic mass is 10.2. The van der Waals surface area contributed by atoms with Crippen LogP contribution in [0.15, 0.2) is 67.0 Å². The van der Waals surface area contributed by atoms with Gasteiger partial charge in [0.15, 0.2) is 0 Å². The van der Waals surface area contributed by atoms with Gasteiger partial charge >= 0.3 is 6.09 Å². The van der Waals surface area contributed by atoms with Crippen LogP contribution < -0.4 is 10.1 Å². The monoisotopic (exact) mass is 335 g/mol. The number of ether oxygens (including phenoxy) is 2. The van der Waals surface area contributed by atoms with E-state index in [0.29, 0.717) is 5.82 Å². The Hall–Kier alpha value is -3.28. The molecular weight excluding hydrogens is 318 g/mol. The van der Waals surface area contributed by atoms with Crippen molar-refractivity contribution in [3.05, 3.63) is 78.4 Å². The summed E-state index contributed by atoms with van der Waals surface area (Å²) < 4.78 is 13.1. The molecule has 3 aromatic rings. The summed E-state index contributed by atoms with van der Waals surface area (Å²) in [6, 6.07) is 16.9. The van der Waals surface area contributed by atoms with E-state index in [4.69, 9.17) is 9.47 Å². The summed E-state index contributed by atoms with van der Waals surface area (Å²) in [6.07, 6.45) is 3.06. The minimum absolute atomic E-state index is 0.217. The Kier molecular flexibility index (Phi) is 4.08. The summed E-state index contributed by atoms with van der Waals surface area (Å²) in [7, 11) is 0. The molecule has 0 aliphatic carbocycles. The Morgan fingerprint density at radius 2 is 2.00 bits per heavy atom. The van der Waals surface area contributed by atoms with Crippen molar-refractivity contribution in [3.63, 3.8) is 0 Å². The van der Waals surface area contributed by atoms with Crippen LogP contribution in [0.1, 0.15) is 17.4 Å². The predicted octanol–water partition coefficient (Wildman–Crippen LogP) is 3.23. The Balaban J connectivity index is 1.48. The summed E-state index contributed by atoms with van der Waals surface area (Å²) >= 11 is 0. The molecule has 0 fully saturated rings. The highest BCUT2D eigenvalue weighted by atomic mass is 16.5. The third kappa shape index (κ3) is 3.19. The average Bonchev–Trinajstić information content (AvgIpc) is 3.09. The molecule has 1 N–H and O–H groups in total. The quantitative estimate of drug-likeness (QED) is 0.798. The molecule has 6 nitrogen and oxygen atoms in total. The maximum Gasteiger partial charge on any atom is 0.408 e. The summed E-state index contributed by atoms with van der Waals surface area (Å²) in [4.78, 5) is 16.6. The van der Waals surface area contributed by atoms with Crippen LogP contribution in [0, 0.1) is 0 Å². The maximum absolute atomic E-state index is 12.2. The van der Waals surface area contributed by atoms with Crippen LogP contribution >= 0.6 is 0 Å². The van der Waals surface area contributed by atoms with Crippen LogP contribution in [0.3, 0.4) is 0 Å². The fourth-order valence-electron chi connectivity index (χ4n) is 2.82. The molecule has 0 spiro atoms. The van der Waals surface area contributed by atoms with Gasteiger partial charge in [-0.25, -0.2) is 9.78 Å². The lowest BCUT2D eigenvalue weighted by Crippen LogP contribution is -2.33. The Morgan fingerprint density at radius 3 is 2.88 bits per heavy atom. The number of hydrogen-bond donors (Lipinski definition) is 1. The molecule has 1 aromatic heterocycles. The van der Waals surface area contributed by atoms with Crippen molar-refractivity contribution < 1.29 is 14.3 Å². The molecule has 1 aliphatic heterocycles. The molecule has 1 aliphatic rings. The van der Waals surface area contributed by atoms with Gasteiger partial charge in [-0.2, -0.15) is 0 Å². The number of rotatable bonds is 3. The zero-order valence-corrected chi connectivity index (χ0v) is 13.5. The van der Waals surface area contributed by atoms with Crippen molar-refractivity contribution in [3.8, 4) is 11.4 Å². The Bertz CT molecular complexity index is 876. The molecular formula is C19H17N3O3. The standard InChI is InChI=1S/C19H17N3O3/c23-19(25-12-14-6-2-1-3-7-14)21-15-13-24-17-9-5-4-8-16(17)22-11-10-20-18(15)22/h1-11,15H,12-13H2,(H,21,23)/t15-/m0/s1. The zero-order valence-electron chi connectivity index (χ0n) is 13.5. The number of nitrogens with zero attached hydrogens (tertiary/aromatic N) is 2. The van der Waals surface area contributed by atoms with Crippen LogP contribution in [0.25, 0.3) is 5.69 Å². The van der Waals surface area contributed by atoms with Crippen LogP contribution in [-0.4, -0.2) is 22.3 Å².